The summed E-state index contributed by atoms with van der Waals surface area (Å²) < 4.78 is -2.59. The van der Waals surface area contributed by atoms with Gasteiger partial charge in [0.05, 0.1) is 3.74 Å². The summed E-state index contributed by atoms with van der Waals surface area (Å²) in [6.45, 7) is 0. The first-order chi connectivity index (χ1) is 6.69. The molecule has 0 saturated heterocycles. The molecule has 0 nitrogen and oxygen atoms in total. The molecule has 98 valence electrons. The largest absolute Gasteiger partial charge is 0.155 e. The third kappa shape index (κ3) is 4.40. The lowest BCUT2D eigenvalue weighted by Gasteiger charge is -2.50. The van der Waals surface area contributed by atoms with E-state index in [-0.39, 0.29) is 3.74 Å². The molecular weight excluding hydrogens is 939 g/mol. The Morgan fingerprint density at radius 3 is 0.875 bits per heavy atom. The van der Waals surface area contributed by atoms with Gasteiger partial charge in [0, 0.05) is 0 Å². The van der Waals surface area contributed by atoms with E-state index in [0.29, 0.717) is 0 Å². The Bertz CT molecular complexity index is 230. The fraction of sp³-hybridized carbons (Fsp3) is 1.00. The van der Waals surface area contributed by atoms with Crippen LogP contribution in [0.1, 0.15) is 0 Å². The molecule has 0 aromatic heterocycles. The minimum absolute atomic E-state index is 0.0778. The molecule has 16 heavy (non-hydrogen) atoms. The second-order valence-corrected chi connectivity index (χ2v) is 23.9. The maximum Gasteiger partial charge on any atom is 0.155 e. The Hall–Kier alpha value is 5.28. The van der Waals surface area contributed by atoms with Crippen molar-refractivity contribution >= 4 is 175 Å². The minimum atomic E-state index is -0.655. The van der Waals surface area contributed by atoms with Crippen LogP contribution in [0.5, 0.6) is 0 Å². The molecule has 0 aromatic carbocycles. The predicted molar refractivity (Wildman–Crippen MR) is 113 cm³/mol. The number of hydrogen-bond donors (Lipinski definition) is 0. The summed E-state index contributed by atoms with van der Waals surface area (Å²) in [6, 6.07) is 0. The molecule has 0 rings (SSSR count). The van der Waals surface area contributed by atoms with Gasteiger partial charge in [-0.3, -0.25) is 0 Å². The summed E-state index contributed by atoms with van der Waals surface area (Å²) in [5.41, 5.74) is 0. The predicted octanol–water partition coefficient (Wildman–Crippen LogP) is 8.40. The van der Waals surface area contributed by atoms with Gasteiger partial charge in [-0.15, -0.1) is 0 Å². The lowest BCUT2D eigenvalue weighted by molar-refractivity contribution is 0.661. The summed E-state index contributed by atoms with van der Waals surface area (Å²) in [7, 11) is 0. The first-order valence-electron chi connectivity index (χ1n) is 3.18. The molecule has 0 amide bonds. The molecule has 0 unspecified atom stereocenters. The topological polar surface area (TPSA) is 0 Å². The van der Waals surface area contributed by atoms with Crippen molar-refractivity contribution in [3.63, 3.8) is 0 Å². The molecule has 0 spiro atoms. The van der Waals surface area contributed by atoms with Crippen molar-refractivity contribution in [3.8, 4) is 0 Å². The number of alkyl halides is 11. The minimum Gasteiger partial charge on any atom is -0.0758 e. The monoisotopic (exact) mass is 929 g/mol. The number of halogens is 11. The highest BCUT2D eigenvalue weighted by molar-refractivity contribution is 9.42. The Labute approximate surface area is 187 Å². The molecule has 11 heteroatoms. The second kappa shape index (κ2) is 7.23. The summed E-state index contributed by atoms with van der Waals surface area (Å²) in [5, 5.41) is 0. The smallest absolute Gasteiger partial charge is 0.0758 e. The molecule has 0 aromatic rings. The average Bonchev–Trinajstić information content (AvgIpc) is 1.97. The standard InChI is InChI=1S/C5HBr11/c6-1(7)2(8,9)3(10,4(11,12)13)5(14,15)16/h1H. The van der Waals surface area contributed by atoms with Crippen molar-refractivity contribution < 1.29 is 0 Å². The molecule has 0 fully saturated rings. The van der Waals surface area contributed by atoms with E-state index >= 15 is 0 Å². The molecule has 0 aliphatic carbocycles. The van der Waals surface area contributed by atoms with Gasteiger partial charge < -0.3 is 0 Å². The zero-order valence-corrected chi connectivity index (χ0v) is 24.2. The van der Waals surface area contributed by atoms with Crippen LogP contribution in [-0.4, -0.2) is 15.6 Å². The van der Waals surface area contributed by atoms with Crippen LogP contribution in [0.3, 0.4) is 0 Å². The van der Waals surface area contributed by atoms with Crippen molar-refractivity contribution in [1.29, 1.82) is 0 Å². The van der Waals surface area contributed by atoms with Crippen molar-refractivity contribution in [2.75, 3.05) is 0 Å². The van der Waals surface area contributed by atoms with Crippen LogP contribution >= 0.6 is 175 Å². The fourth-order valence-corrected chi connectivity index (χ4v) is 12.7. The molecule has 0 aliphatic rings. The quantitative estimate of drug-likeness (QED) is 0.245. The van der Waals surface area contributed by atoms with E-state index in [0.717, 1.165) is 0 Å². The van der Waals surface area contributed by atoms with Crippen molar-refractivity contribution in [2.45, 2.75) is 15.6 Å². The highest BCUT2D eigenvalue weighted by Gasteiger charge is 2.68. The maximum absolute atomic E-state index is 3.71. The third-order valence-corrected chi connectivity index (χ3v) is 17.1. The zero-order chi connectivity index (χ0) is 13.6. The van der Waals surface area contributed by atoms with E-state index in [2.05, 4.69) is 175 Å². The molecule has 0 bridgehead atoms. The van der Waals surface area contributed by atoms with Gasteiger partial charge in [0.2, 0.25) is 0 Å². The molecule has 0 N–H and O–H groups in total. The van der Waals surface area contributed by atoms with E-state index in [1.807, 2.05) is 0 Å². The van der Waals surface area contributed by atoms with Crippen LogP contribution in [-0.2, 0) is 0 Å². The van der Waals surface area contributed by atoms with Gasteiger partial charge in [0.1, 0.15) is 7.56 Å². The summed E-state index contributed by atoms with van der Waals surface area (Å²) in [4.78, 5) is 0. The normalized spacial score (nSPS) is 15.8. The van der Waals surface area contributed by atoms with Gasteiger partial charge in [-0.25, -0.2) is 0 Å². The second-order valence-electron chi connectivity index (χ2n) is 2.58. The van der Waals surface area contributed by atoms with Gasteiger partial charge in [0.15, 0.2) is 4.29 Å². The number of hydrogen-bond acceptors (Lipinski definition) is 0. The summed E-state index contributed by atoms with van der Waals surface area (Å²) in [5.74, 6) is 0. The van der Waals surface area contributed by atoms with E-state index in [9.17, 15) is 0 Å². The Kier molecular flexibility index (Phi) is 9.62. The fourth-order valence-electron chi connectivity index (χ4n) is 0.689. The van der Waals surface area contributed by atoms with E-state index < -0.39 is 11.8 Å². The van der Waals surface area contributed by atoms with Crippen LogP contribution in [0.4, 0.5) is 0 Å². The molecular formula is C5HBr11. The van der Waals surface area contributed by atoms with Gasteiger partial charge in [-0.05, 0) is 0 Å². The van der Waals surface area contributed by atoms with Crippen LogP contribution in [0, 0.1) is 0 Å². The summed E-state index contributed by atoms with van der Waals surface area (Å²) >= 11 is 39.2. The SMILES string of the molecule is BrC(Br)C(Br)(Br)C(Br)(C(Br)(Br)Br)C(Br)(Br)Br. The van der Waals surface area contributed by atoms with Gasteiger partial charge >= 0.3 is 0 Å². The van der Waals surface area contributed by atoms with Crippen molar-refractivity contribution in [3.05, 3.63) is 0 Å². The highest BCUT2D eigenvalue weighted by atomic mass is 80.0. The third-order valence-electron chi connectivity index (χ3n) is 1.51. The zero-order valence-electron chi connectivity index (χ0n) is 6.73. The van der Waals surface area contributed by atoms with Crippen molar-refractivity contribution in [2.24, 2.45) is 0 Å². The average molecular weight is 940 g/mol. The first kappa shape index (κ1) is 21.3. The molecule has 0 heterocycles. The van der Waals surface area contributed by atoms with E-state index in [1.165, 1.54) is 0 Å². The molecule has 0 aliphatic heterocycles. The molecule has 0 saturated carbocycles. The molecule has 0 radical (unpaired) electrons. The van der Waals surface area contributed by atoms with Gasteiger partial charge in [-0.1, -0.05) is 175 Å². The maximum atomic E-state index is 3.71. The first-order valence-corrected chi connectivity index (χ1v) is 12.1. The Balaban J connectivity index is 5.81. The lowest BCUT2D eigenvalue weighted by Crippen LogP contribution is -2.60. The van der Waals surface area contributed by atoms with Gasteiger partial charge in [0.25, 0.3) is 0 Å². The van der Waals surface area contributed by atoms with Crippen LogP contribution in [0.25, 0.3) is 0 Å². The van der Waals surface area contributed by atoms with Crippen molar-refractivity contribution in [1.82, 2.24) is 0 Å². The molecule has 0 atom stereocenters. The highest BCUT2D eigenvalue weighted by Crippen LogP contribution is 2.70. The Morgan fingerprint density at radius 2 is 0.812 bits per heavy atom. The summed E-state index contributed by atoms with van der Waals surface area (Å²) in [6.07, 6.45) is 0. The van der Waals surface area contributed by atoms with Crippen LogP contribution in [0.2, 0.25) is 0 Å². The van der Waals surface area contributed by atoms with Crippen LogP contribution in [0.15, 0.2) is 0 Å². The number of rotatable bonds is 2. The van der Waals surface area contributed by atoms with E-state index in [4.69, 9.17) is 0 Å². The van der Waals surface area contributed by atoms with E-state index in [1.54, 1.807) is 0 Å². The van der Waals surface area contributed by atoms with Gasteiger partial charge in [-0.2, -0.15) is 0 Å². The van der Waals surface area contributed by atoms with Crippen LogP contribution < -0.4 is 0 Å². The Morgan fingerprint density at radius 1 is 0.562 bits per heavy atom. The lowest BCUT2D eigenvalue weighted by atomic mass is 10.1.